The molecule has 0 unspecified atom stereocenters. The molecule has 4 rings (SSSR count). The maximum absolute atomic E-state index is 13.9. The van der Waals surface area contributed by atoms with Crippen molar-refractivity contribution in [3.05, 3.63) is 23.8 Å². The van der Waals surface area contributed by atoms with Gasteiger partial charge in [-0.1, -0.05) is 20.3 Å². The van der Waals surface area contributed by atoms with Crippen molar-refractivity contribution in [2.24, 2.45) is 17.4 Å². The van der Waals surface area contributed by atoms with Crippen LogP contribution in [0.15, 0.2) is 23.2 Å². The van der Waals surface area contributed by atoms with Crippen LogP contribution in [0, 0.1) is 5.92 Å². The summed E-state index contributed by atoms with van der Waals surface area (Å²) in [5.41, 5.74) is 12.9. The summed E-state index contributed by atoms with van der Waals surface area (Å²) >= 11 is 1.05. The van der Waals surface area contributed by atoms with Gasteiger partial charge in [0, 0.05) is 30.2 Å². The number of carbonyl (C=O) groups is 8. The van der Waals surface area contributed by atoms with Crippen molar-refractivity contribution in [2.45, 2.75) is 80.9 Å². The summed E-state index contributed by atoms with van der Waals surface area (Å²) in [6.07, 6.45) is -1.74. The number of nitrogens with one attached hydrogen (secondary N) is 6. The predicted molar refractivity (Wildman–Crippen MR) is 196 cm³/mol. The van der Waals surface area contributed by atoms with E-state index in [9.17, 15) is 48.6 Å². The first kappa shape index (κ1) is 42.3. The number of rotatable bonds is 9. The molecule has 55 heavy (non-hydrogen) atoms. The first-order chi connectivity index (χ1) is 26.0. The van der Waals surface area contributed by atoms with Crippen LogP contribution in [0.3, 0.4) is 0 Å². The van der Waals surface area contributed by atoms with E-state index in [0.29, 0.717) is 33.7 Å². The summed E-state index contributed by atoms with van der Waals surface area (Å²) in [6, 6.07) is -1.64. The zero-order valence-corrected chi connectivity index (χ0v) is 31.3. The number of hydrogen-bond donors (Lipinski definition) is 10. The van der Waals surface area contributed by atoms with Gasteiger partial charge in [0.2, 0.25) is 41.4 Å². The number of nitrogens with two attached hydrogens (primary N) is 2. The van der Waals surface area contributed by atoms with Crippen molar-refractivity contribution in [1.82, 2.24) is 36.5 Å². The largest absolute Gasteiger partial charge is 0.497 e. The first-order valence-electron chi connectivity index (χ1n) is 17.5. The second-order valence-corrected chi connectivity index (χ2v) is 14.4. The van der Waals surface area contributed by atoms with Gasteiger partial charge in [0.25, 0.3) is 0 Å². The second-order valence-electron chi connectivity index (χ2n) is 13.4. The Bertz CT molecular complexity index is 1820. The summed E-state index contributed by atoms with van der Waals surface area (Å²) in [5, 5.41) is 33.3. The molecule has 2 aliphatic rings. The third-order valence-corrected chi connectivity index (χ3v) is 10.5. The molecule has 21 heteroatoms. The predicted octanol–water partition coefficient (Wildman–Crippen LogP) is -3.19. The van der Waals surface area contributed by atoms with Gasteiger partial charge in [0.15, 0.2) is 0 Å². The van der Waals surface area contributed by atoms with Crippen LogP contribution >= 0.6 is 11.8 Å². The quantitative estimate of drug-likeness (QED) is 0.120. The van der Waals surface area contributed by atoms with Crippen molar-refractivity contribution in [3.8, 4) is 5.75 Å². The smallest absolute Gasteiger partial charge is 0.326 e. The molecule has 7 amide bonds. The number of aromatic amines is 1. The highest BCUT2D eigenvalue weighted by molar-refractivity contribution is 7.99. The van der Waals surface area contributed by atoms with Crippen molar-refractivity contribution in [2.75, 3.05) is 32.5 Å². The van der Waals surface area contributed by atoms with Gasteiger partial charge in [0.1, 0.15) is 29.9 Å². The highest BCUT2D eigenvalue weighted by Crippen LogP contribution is 2.33. The summed E-state index contributed by atoms with van der Waals surface area (Å²) in [5.74, 6) is -7.29. The lowest BCUT2D eigenvalue weighted by atomic mass is 9.98. The third-order valence-electron chi connectivity index (χ3n) is 9.41. The molecule has 0 saturated carbocycles. The normalized spacial score (nSPS) is 24.2. The summed E-state index contributed by atoms with van der Waals surface area (Å²) in [4.78, 5) is 108. The number of primary amides is 1. The zero-order valence-electron chi connectivity index (χ0n) is 30.5. The van der Waals surface area contributed by atoms with Crippen molar-refractivity contribution in [3.63, 3.8) is 0 Å². The highest BCUT2D eigenvalue weighted by Gasteiger charge is 2.42. The molecule has 0 bridgehead atoms. The second kappa shape index (κ2) is 18.8. The number of nitrogens with zero attached hydrogens (tertiary/aromatic N) is 1. The number of H-pyrrole nitrogens is 1. The van der Waals surface area contributed by atoms with E-state index in [4.69, 9.17) is 16.2 Å². The summed E-state index contributed by atoms with van der Waals surface area (Å²) in [7, 11) is 1.48. The number of hydrogen-bond acceptors (Lipinski definition) is 12. The van der Waals surface area contributed by atoms with Crippen LogP contribution in [0.1, 0.15) is 38.7 Å². The number of β-amino-alcohol motifs (C(OH)–C–C–N with tert-alkyl or cyclic N) is 1. The lowest BCUT2D eigenvalue weighted by Gasteiger charge is -2.28. The fraction of sp³-hybridized carbons (Fsp3) is 0.529. The minimum atomic E-state index is -1.67. The minimum absolute atomic E-state index is 0.0369. The Hall–Kier alpha value is -5.41. The molecule has 2 aliphatic heterocycles. The molecular weight excluding hydrogens is 742 g/mol. The number of carbonyl (C=O) groups excluding carboxylic acids is 7. The van der Waals surface area contributed by atoms with E-state index in [1.807, 2.05) is 0 Å². The number of benzene rings is 1. The van der Waals surface area contributed by atoms with Crippen LogP contribution in [-0.2, 0) is 44.8 Å². The van der Waals surface area contributed by atoms with Crippen LogP contribution in [-0.4, -0.2) is 136 Å². The Morgan fingerprint density at radius 3 is 2.38 bits per heavy atom. The fourth-order valence-electron chi connectivity index (χ4n) is 6.24. The van der Waals surface area contributed by atoms with Gasteiger partial charge >= 0.3 is 5.97 Å². The molecule has 1 fully saturated rings. The van der Waals surface area contributed by atoms with E-state index < -0.39 is 103 Å². The Morgan fingerprint density at radius 2 is 1.75 bits per heavy atom. The van der Waals surface area contributed by atoms with E-state index in [2.05, 4.69) is 31.6 Å². The highest BCUT2D eigenvalue weighted by atomic mass is 32.2. The monoisotopic (exact) mass is 789 g/mol. The molecule has 1 saturated heterocycles. The number of fused-ring (bicyclic) bond motifs is 3. The van der Waals surface area contributed by atoms with Gasteiger partial charge in [-0.15, -0.1) is 11.8 Å². The minimum Gasteiger partial charge on any atom is -0.497 e. The molecule has 3 heterocycles. The van der Waals surface area contributed by atoms with Crippen LogP contribution in [0.2, 0.25) is 0 Å². The summed E-state index contributed by atoms with van der Waals surface area (Å²) < 4.78 is 5.35. The van der Waals surface area contributed by atoms with E-state index in [1.54, 1.807) is 32.0 Å². The first-order valence-corrected chi connectivity index (χ1v) is 18.5. The van der Waals surface area contributed by atoms with Crippen LogP contribution < -0.4 is 42.8 Å². The molecule has 0 aliphatic carbocycles. The topological polar surface area (TPSA) is 317 Å². The fourth-order valence-corrected chi connectivity index (χ4v) is 7.36. The van der Waals surface area contributed by atoms with Crippen molar-refractivity contribution < 1.29 is 53.3 Å². The number of likely N-dealkylation sites (tertiary alicyclic amines) is 1. The standard InChI is InChI=1S/C34H47N9O11S/c1-4-15(2)28-31(50)38-11-26(46)39-23(30(49)40-22(10-25(36)45)33(51)43-13-16(44)7-24(43)34(52)53)14-55-32-19(9-20(35)29(48)37-12-27(47)42-28)18-6-5-17(54-3)8-21(18)41-32/h5-6,8,15-16,20,22-24,28,41,44H,4,7,9-14,35H2,1-3H3,(H2,36,45)(H,37,48)(H,38,50)(H,39,46)(H,40,49)(H,42,47)(H,52,53)/t15-,16+,20+,22+,23+,24-,28-/m0/s1. The Morgan fingerprint density at radius 1 is 1.07 bits per heavy atom. The van der Waals surface area contributed by atoms with Crippen molar-refractivity contribution >= 4 is 70.0 Å². The van der Waals surface area contributed by atoms with Crippen LogP contribution in [0.4, 0.5) is 0 Å². The Balaban J connectivity index is 1.70. The molecule has 0 radical (unpaired) electrons. The van der Waals surface area contributed by atoms with E-state index in [1.165, 1.54) is 7.11 Å². The number of carboxylic acid groups (broad SMARTS) is 1. The van der Waals surface area contributed by atoms with E-state index in [-0.39, 0.29) is 31.1 Å². The van der Waals surface area contributed by atoms with Gasteiger partial charge in [-0.2, -0.15) is 0 Å². The molecule has 1 aromatic heterocycles. The average molecular weight is 790 g/mol. The lowest BCUT2D eigenvalue weighted by molar-refractivity contribution is -0.149. The number of carboxylic acids is 1. The maximum Gasteiger partial charge on any atom is 0.326 e. The number of amides is 7. The maximum atomic E-state index is 13.9. The molecule has 300 valence electrons. The van der Waals surface area contributed by atoms with E-state index >= 15 is 0 Å². The number of aliphatic hydroxyl groups excluding tert-OH is 1. The van der Waals surface area contributed by atoms with E-state index in [0.717, 1.165) is 16.7 Å². The van der Waals surface area contributed by atoms with Crippen LogP contribution in [0.5, 0.6) is 5.75 Å². The van der Waals surface area contributed by atoms with Gasteiger partial charge in [-0.25, -0.2) is 4.79 Å². The summed E-state index contributed by atoms with van der Waals surface area (Å²) in [6.45, 7) is 2.04. The molecular formula is C34H47N9O11S. The molecule has 2 aromatic rings. The number of ether oxygens (including phenoxy) is 1. The number of aromatic nitrogens is 1. The molecule has 20 nitrogen and oxygen atoms in total. The number of aliphatic hydroxyl groups is 1. The van der Waals surface area contributed by atoms with Gasteiger partial charge in [-0.3, -0.25) is 33.6 Å². The zero-order chi connectivity index (χ0) is 40.6. The van der Waals surface area contributed by atoms with Crippen LogP contribution in [0.25, 0.3) is 10.9 Å². The Kier molecular flexibility index (Phi) is 14.4. The molecule has 12 N–H and O–H groups in total. The number of methoxy groups -OCH3 is 1. The lowest BCUT2D eigenvalue weighted by Crippen LogP contribution is -2.58. The third kappa shape index (κ3) is 10.9. The number of thioether (sulfide) groups is 1. The molecule has 1 aromatic carbocycles. The van der Waals surface area contributed by atoms with Gasteiger partial charge in [-0.05, 0) is 30.0 Å². The van der Waals surface area contributed by atoms with Gasteiger partial charge < -0.3 is 62.9 Å². The average Bonchev–Trinajstić information content (AvgIpc) is 3.71. The number of aliphatic carboxylic acids is 1. The molecule has 0 spiro atoms. The van der Waals surface area contributed by atoms with Crippen molar-refractivity contribution in [1.29, 1.82) is 0 Å². The van der Waals surface area contributed by atoms with Gasteiger partial charge in [0.05, 0.1) is 49.3 Å². The SMILES string of the molecule is CC[C@H](C)[C@@H]1NC(=O)CNC(=O)[C@H](N)Cc2c([nH]c3cc(OC)ccc23)SC[C@H](C(=O)N[C@H](CC(N)=O)C(=O)N2C[C@H](O)C[C@H]2C(=O)O)NC(=O)CNC1=O. The Labute approximate surface area is 319 Å². The molecule has 7 atom stereocenters.